The fourth-order valence-corrected chi connectivity index (χ4v) is 4.31. The van der Waals surface area contributed by atoms with E-state index in [0.29, 0.717) is 24.0 Å². The van der Waals surface area contributed by atoms with Crippen LogP contribution in [0.1, 0.15) is 37.7 Å². The van der Waals surface area contributed by atoms with Crippen molar-refractivity contribution < 1.29 is 18.0 Å². The van der Waals surface area contributed by atoms with Crippen LogP contribution in [0.3, 0.4) is 0 Å². The van der Waals surface area contributed by atoms with Crippen LogP contribution in [0.5, 0.6) is 0 Å². The molecule has 2 aromatic carbocycles. The Balaban J connectivity index is 1.60. The van der Waals surface area contributed by atoms with E-state index in [1.807, 2.05) is 6.92 Å². The van der Waals surface area contributed by atoms with Gasteiger partial charge >= 0.3 is 0 Å². The van der Waals surface area contributed by atoms with E-state index in [-0.39, 0.29) is 35.1 Å². The van der Waals surface area contributed by atoms with Gasteiger partial charge in [0.15, 0.2) is 0 Å². The molecule has 3 aromatic rings. The van der Waals surface area contributed by atoms with E-state index in [1.165, 1.54) is 18.2 Å². The molecule has 1 aliphatic rings. The van der Waals surface area contributed by atoms with Gasteiger partial charge in [0, 0.05) is 23.9 Å². The van der Waals surface area contributed by atoms with Gasteiger partial charge in [-0.2, -0.15) is 0 Å². The van der Waals surface area contributed by atoms with E-state index >= 15 is 0 Å². The Hall–Kier alpha value is -2.80. The van der Waals surface area contributed by atoms with Crippen molar-refractivity contribution in [3.8, 4) is 11.3 Å². The second kappa shape index (κ2) is 8.14. The topological polar surface area (TPSA) is 70.9 Å². The number of nitrogens with one attached hydrogen (secondary N) is 2. The lowest BCUT2D eigenvalue weighted by molar-refractivity contribution is -0.118. The SMILES string of the molecule is CC(CNC1CC(c2c(-c3ccc(F)cc3)[nH]c3c(F)cc(F)cc23)C1)CC(N)=O. The van der Waals surface area contributed by atoms with Gasteiger partial charge in [0.05, 0.1) is 11.2 Å². The molecule has 1 aromatic heterocycles. The van der Waals surface area contributed by atoms with Gasteiger partial charge in [-0.25, -0.2) is 13.2 Å². The van der Waals surface area contributed by atoms with Crippen LogP contribution in [-0.4, -0.2) is 23.5 Å². The second-order valence-corrected chi connectivity index (χ2v) is 8.28. The third-order valence-corrected chi connectivity index (χ3v) is 5.85. The summed E-state index contributed by atoms with van der Waals surface area (Å²) in [7, 11) is 0. The van der Waals surface area contributed by atoms with Gasteiger partial charge in [-0.05, 0) is 72.7 Å². The molecule has 0 aliphatic heterocycles. The van der Waals surface area contributed by atoms with Crippen molar-refractivity contribution in [3.63, 3.8) is 0 Å². The maximum Gasteiger partial charge on any atom is 0.217 e. The molecule has 1 heterocycles. The molecule has 1 saturated carbocycles. The van der Waals surface area contributed by atoms with Crippen LogP contribution in [0.4, 0.5) is 13.2 Å². The molecule has 30 heavy (non-hydrogen) atoms. The van der Waals surface area contributed by atoms with Gasteiger partial charge in [-0.1, -0.05) is 6.92 Å². The summed E-state index contributed by atoms with van der Waals surface area (Å²) in [6.45, 7) is 2.65. The van der Waals surface area contributed by atoms with Crippen molar-refractivity contribution in [2.24, 2.45) is 11.7 Å². The number of carbonyl (C=O) groups excluding carboxylic acids is 1. The highest BCUT2D eigenvalue weighted by Gasteiger charge is 2.34. The smallest absolute Gasteiger partial charge is 0.217 e. The third-order valence-electron chi connectivity index (χ3n) is 5.85. The lowest BCUT2D eigenvalue weighted by atomic mass is 9.74. The number of H-pyrrole nitrogens is 1. The molecule has 7 heteroatoms. The predicted molar refractivity (Wildman–Crippen MR) is 110 cm³/mol. The van der Waals surface area contributed by atoms with Crippen molar-refractivity contribution in [2.75, 3.05) is 6.54 Å². The quantitative estimate of drug-likeness (QED) is 0.528. The van der Waals surface area contributed by atoms with Crippen LogP contribution in [0.15, 0.2) is 36.4 Å². The average molecular weight is 415 g/mol. The first-order valence-corrected chi connectivity index (χ1v) is 10.1. The van der Waals surface area contributed by atoms with Crippen LogP contribution in [0.25, 0.3) is 22.2 Å². The molecular formula is C23H24F3N3O. The molecule has 158 valence electrons. The lowest BCUT2D eigenvalue weighted by Gasteiger charge is -2.37. The Labute approximate surface area is 172 Å². The van der Waals surface area contributed by atoms with E-state index in [1.54, 1.807) is 12.1 Å². The van der Waals surface area contributed by atoms with Crippen LogP contribution in [0, 0.1) is 23.4 Å². The molecule has 4 N–H and O–H groups in total. The summed E-state index contributed by atoms with van der Waals surface area (Å²) < 4.78 is 41.8. The minimum atomic E-state index is -0.645. The molecule has 1 atom stereocenters. The summed E-state index contributed by atoms with van der Waals surface area (Å²) in [5, 5.41) is 3.96. The first-order valence-electron chi connectivity index (χ1n) is 10.1. The van der Waals surface area contributed by atoms with Crippen molar-refractivity contribution in [2.45, 2.75) is 38.1 Å². The summed E-state index contributed by atoms with van der Waals surface area (Å²) >= 11 is 0. The Morgan fingerprint density at radius 3 is 2.53 bits per heavy atom. The van der Waals surface area contributed by atoms with Crippen LogP contribution in [-0.2, 0) is 4.79 Å². The molecular weight excluding hydrogens is 391 g/mol. The molecule has 1 amide bonds. The molecule has 0 saturated heterocycles. The summed E-state index contributed by atoms with van der Waals surface area (Å²) in [5.41, 5.74) is 7.78. The van der Waals surface area contributed by atoms with Crippen LogP contribution >= 0.6 is 0 Å². The maximum atomic E-state index is 14.4. The number of carbonyl (C=O) groups is 1. The molecule has 4 nitrogen and oxygen atoms in total. The average Bonchev–Trinajstić information content (AvgIpc) is 3.00. The highest BCUT2D eigenvalue weighted by Crippen LogP contribution is 2.45. The number of hydrogen-bond acceptors (Lipinski definition) is 2. The Bertz CT molecular complexity index is 1070. The molecule has 4 rings (SSSR count). The summed E-state index contributed by atoms with van der Waals surface area (Å²) in [4.78, 5) is 14.1. The summed E-state index contributed by atoms with van der Waals surface area (Å²) in [6.07, 6.45) is 1.95. The normalized spacial score (nSPS) is 19.6. The van der Waals surface area contributed by atoms with Gasteiger partial charge in [0.25, 0.3) is 0 Å². The van der Waals surface area contributed by atoms with Gasteiger partial charge < -0.3 is 16.0 Å². The molecule has 1 aliphatic carbocycles. The fourth-order valence-electron chi connectivity index (χ4n) is 4.31. The van der Waals surface area contributed by atoms with E-state index in [2.05, 4.69) is 10.3 Å². The van der Waals surface area contributed by atoms with Crippen molar-refractivity contribution >= 4 is 16.8 Å². The number of rotatable bonds is 7. The zero-order valence-corrected chi connectivity index (χ0v) is 16.6. The zero-order valence-electron chi connectivity index (χ0n) is 16.6. The van der Waals surface area contributed by atoms with Gasteiger partial charge in [-0.15, -0.1) is 0 Å². The number of hydrogen-bond donors (Lipinski definition) is 3. The minimum Gasteiger partial charge on any atom is -0.370 e. The van der Waals surface area contributed by atoms with Crippen LogP contribution in [0.2, 0.25) is 0 Å². The number of fused-ring (bicyclic) bond motifs is 1. The number of aromatic amines is 1. The van der Waals surface area contributed by atoms with E-state index in [4.69, 9.17) is 5.73 Å². The predicted octanol–water partition coefficient (Wildman–Crippen LogP) is 4.60. The lowest BCUT2D eigenvalue weighted by Crippen LogP contribution is -2.42. The Morgan fingerprint density at radius 1 is 1.17 bits per heavy atom. The third kappa shape index (κ3) is 4.07. The Kier molecular flexibility index (Phi) is 5.56. The number of primary amides is 1. The van der Waals surface area contributed by atoms with Gasteiger partial charge in [-0.3, -0.25) is 4.79 Å². The van der Waals surface area contributed by atoms with Crippen molar-refractivity contribution in [1.29, 1.82) is 0 Å². The van der Waals surface area contributed by atoms with E-state index < -0.39 is 11.6 Å². The summed E-state index contributed by atoms with van der Waals surface area (Å²) in [6, 6.07) is 8.46. The molecule has 1 fully saturated rings. The van der Waals surface area contributed by atoms with Crippen LogP contribution < -0.4 is 11.1 Å². The number of benzene rings is 2. The van der Waals surface area contributed by atoms with Crippen molar-refractivity contribution in [3.05, 3.63) is 59.4 Å². The van der Waals surface area contributed by atoms with Crippen molar-refractivity contribution in [1.82, 2.24) is 10.3 Å². The number of amides is 1. The largest absolute Gasteiger partial charge is 0.370 e. The number of halogens is 3. The maximum absolute atomic E-state index is 14.4. The minimum absolute atomic E-state index is 0.115. The standard InChI is InChI=1S/C23H24F3N3O/c1-12(6-20(27)30)11-28-17-7-14(8-17)21-18-9-16(25)10-19(26)23(18)29-22(21)13-2-4-15(24)5-3-13/h2-5,9-10,12,14,17,28-29H,6-8,11H2,1H3,(H2,27,30). The molecule has 1 unspecified atom stereocenters. The van der Waals surface area contributed by atoms with E-state index in [9.17, 15) is 18.0 Å². The van der Waals surface area contributed by atoms with E-state index in [0.717, 1.165) is 30.0 Å². The summed E-state index contributed by atoms with van der Waals surface area (Å²) in [5.74, 6) is -1.68. The fraction of sp³-hybridized carbons (Fsp3) is 0.348. The monoisotopic (exact) mass is 415 g/mol. The highest BCUT2D eigenvalue weighted by molar-refractivity contribution is 5.92. The second-order valence-electron chi connectivity index (χ2n) is 8.28. The first kappa shape index (κ1) is 20.5. The zero-order chi connectivity index (χ0) is 21.4. The van der Waals surface area contributed by atoms with Gasteiger partial charge in [0.2, 0.25) is 5.91 Å². The first-order chi connectivity index (χ1) is 14.3. The number of aromatic nitrogens is 1. The molecule has 0 radical (unpaired) electrons. The van der Waals surface area contributed by atoms with Gasteiger partial charge in [0.1, 0.15) is 17.5 Å². The Morgan fingerprint density at radius 2 is 1.87 bits per heavy atom. The molecule has 0 spiro atoms. The number of nitrogens with two attached hydrogens (primary N) is 1. The highest BCUT2D eigenvalue weighted by atomic mass is 19.1. The molecule has 0 bridgehead atoms.